The zero-order valence-corrected chi connectivity index (χ0v) is 9.57. The van der Waals surface area contributed by atoms with E-state index in [0.29, 0.717) is 0 Å². The van der Waals surface area contributed by atoms with E-state index in [4.69, 9.17) is 0 Å². The fraction of sp³-hybridized carbons (Fsp3) is 0.500. The van der Waals surface area contributed by atoms with Crippen LogP contribution in [0.2, 0.25) is 0 Å². The van der Waals surface area contributed by atoms with E-state index >= 15 is 0 Å². The van der Waals surface area contributed by atoms with Gasteiger partial charge in [0.2, 0.25) is 0 Å². The first kappa shape index (κ1) is 10.1. The van der Waals surface area contributed by atoms with E-state index in [1.165, 1.54) is 0 Å². The molecular weight excluding hydrogens is 186 g/mol. The van der Waals surface area contributed by atoms with Crippen LogP contribution in [0.15, 0.2) is 24.3 Å². The highest BCUT2D eigenvalue weighted by atomic mass is 15.5. The van der Waals surface area contributed by atoms with Crippen LogP contribution in [-0.2, 0) is 5.54 Å². The van der Waals surface area contributed by atoms with Crippen molar-refractivity contribution in [1.82, 2.24) is 15.0 Å². The van der Waals surface area contributed by atoms with Crippen molar-refractivity contribution < 1.29 is 0 Å². The number of fused-ring (bicyclic) bond motifs is 1. The van der Waals surface area contributed by atoms with Crippen molar-refractivity contribution in [2.75, 3.05) is 0 Å². The van der Waals surface area contributed by atoms with E-state index in [9.17, 15) is 0 Å². The molecule has 3 nitrogen and oxygen atoms in total. The summed E-state index contributed by atoms with van der Waals surface area (Å²) >= 11 is 0. The SMILES string of the molecule is CCCC(C)(C)n1nc2ccccc2n1. The first-order chi connectivity index (χ1) is 7.13. The van der Waals surface area contributed by atoms with Gasteiger partial charge < -0.3 is 0 Å². The largest absolute Gasteiger partial charge is 0.178 e. The van der Waals surface area contributed by atoms with Gasteiger partial charge in [0.1, 0.15) is 11.0 Å². The van der Waals surface area contributed by atoms with Gasteiger partial charge in [0, 0.05) is 0 Å². The molecule has 0 N–H and O–H groups in total. The van der Waals surface area contributed by atoms with Crippen LogP contribution in [0.5, 0.6) is 0 Å². The predicted octanol–water partition coefficient (Wildman–Crippen LogP) is 2.97. The number of aromatic nitrogens is 3. The summed E-state index contributed by atoms with van der Waals surface area (Å²) in [6, 6.07) is 7.99. The summed E-state index contributed by atoms with van der Waals surface area (Å²) < 4.78 is 0. The Morgan fingerprint density at radius 3 is 2.13 bits per heavy atom. The van der Waals surface area contributed by atoms with Crippen LogP contribution in [0.25, 0.3) is 11.0 Å². The lowest BCUT2D eigenvalue weighted by Gasteiger charge is -2.22. The molecule has 0 bridgehead atoms. The molecule has 0 fully saturated rings. The van der Waals surface area contributed by atoms with Gasteiger partial charge in [0.25, 0.3) is 0 Å². The van der Waals surface area contributed by atoms with Crippen molar-refractivity contribution in [3.63, 3.8) is 0 Å². The Balaban J connectivity index is 2.44. The second kappa shape index (κ2) is 3.65. The lowest BCUT2D eigenvalue weighted by molar-refractivity contribution is 0.261. The van der Waals surface area contributed by atoms with E-state index in [1.807, 2.05) is 29.1 Å². The summed E-state index contributed by atoms with van der Waals surface area (Å²) in [7, 11) is 0. The summed E-state index contributed by atoms with van der Waals surface area (Å²) in [6.07, 6.45) is 2.23. The number of hydrogen-bond donors (Lipinski definition) is 0. The molecule has 0 aliphatic carbocycles. The van der Waals surface area contributed by atoms with E-state index in [-0.39, 0.29) is 5.54 Å². The normalized spacial score (nSPS) is 12.2. The van der Waals surface area contributed by atoms with Crippen molar-refractivity contribution in [3.8, 4) is 0 Å². The minimum atomic E-state index is 0.00771. The van der Waals surface area contributed by atoms with Crippen molar-refractivity contribution >= 4 is 11.0 Å². The lowest BCUT2D eigenvalue weighted by Crippen LogP contribution is -2.28. The van der Waals surface area contributed by atoms with E-state index in [1.54, 1.807) is 0 Å². The van der Waals surface area contributed by atoms with E-state index in [2.05, 4.69) is 31.0 Å². The molecule has 0 aliphatic rings. The van der Waals surface area contributed by atoms with Gasteiger partial charge in [0.15, 0.2) is 0 Å². The number of nitrogens with zero attached hydrogens (tertiary/aromatic N) is 3. The molecule has 2 rings (SSSR count). The molecule has 80 valence electrons. The fourth-order valence-corrected chi connectivity index (χ4v) is 1.84. The van der Waals surface area contributed by atoms with E-state index < -0.39 is 0 Å². The second-order valence-electron chi connectivity index (χ2n) is 4.54. The Morgan fingerprint density at radius 1 is 1.13 bits per heavy atom. The van der Waals surface area contributed by atoms with Crippen molar-refractivity contribution in [2.24, 2.45) is 0 Å². The molecule has 1 aromatic heterocycles. The van der Waals surface area contributed by atoms with Gasteiger partial charge >= 0.3 is 0 Å². The molecule has 0 spiro atoms. The topological polar surface area (TPSA) is 30.7 Å². The smallest absolute Gasteiger partial charge is 0.113 e. The summed E-state index contributed by atoms with van der Waals surface area (Å²) in [4.78, 5) is 1.85. The maximum absolute atomic E-state index is 4.51. The summed E-state index contributed by atoms with van der Waals surface area (Å²) in [5, 5.41) is 9.02. The third-order valence-corrected chi connectivity index (χ3v) is 2.69. The summed E-state index contributed by atoms with van der Waals surface area (Å²) in [5.41, 5.74) is 1.96. The van der Waals surface area contributed by atoms with Gasteiger partial charge in [0.05, 0.1) is 5.54 Å². The van der Waals surface area contributed by atoms with Crippen LogP contribution in [0.3, 0.4) is 0 Å². The third-order valence-electron chi connectivity index (χ3n) is 2.69. The summed E-state index contributed by atoms with van der Waals surface area (Å²) in [5.74, 6) is 0. The average molecular weight is 203 g/mol. The van der Waals surface area contributed by atoms with Crippen molar-refractivity contribution in [1.29, 1.82) is 0 Å². The molecule has 0 saturated heterocycles. The molecule has 0 aliphatic heterocycles. The summed E-state index contributed by atoms with van der Waals surface area (Å²) in [6.45, 7) is 6.54. The average Bonchev–Trinajstić information content (AvgIpc) is 2.61. The van der Waals surface area contributed by atoms with E-state index in [0.717, 1.165) is 23.9 Å². The quantitative estimate of drug-likeness (QED) is 0.767. The van der Waals surface area contributed by atoms with Crippen LogP contribution in [0, 0.1) is 0 Å². The van der Waals surface area contributed by atoms with Gasteiger partial charge in [-0.05, 0) is 32.4 Å². The zero-order valence-electron chi connectivity index (χ0n) is 9.57. The Morgan fingerprint density at radius 2 is 1.67 bits per heavy atom. The number of benzene rings is 1. The highest BCUT2D eigenvalue weighted by molar-refractivity contribution is 5.73. The maximum atomic E-state index is 4.51. The zero-order chi connectivity index (χ0) is 10.9. The molecule has 3 heteroatoms. The molecule has 0 atom stereocenters. The van der Waals surface area contributed by atoms with Crippen LogP contribution in [0.4, 0.5) is 0 Å². The molecule has 0 unspecified atom stereocenters. The molecule has 1 aromatic carbocycles. The molecule has 0 saturated carbocycles. The number of rotatable bonds is 3. The van der Waals surface area contributed by atoms with Crippen molar-refractivity contribution in [3.05, 3.63) is 24.3 Å². The first-order valence-corrected chi connectivity index (χ1v) is 5.46. The van der Waals surface area contributed by atoms with Gasteiger partial charge in [-0.1, -0.05) is 25.5 Å². The monoisotopic (exact) mass is 203 g/mol. The molecular formula is C12H17N3. The minimum absolute atomic E-state index is 0.00771. The Kier molecular flexibility index (Phi) is 2.47. The molecule has 0 amide bonds. The maximum Gasteiger partial charge on any atom is 0.113 e. The Labute approximate surface area is 90.1 Å². The van der Waals surface area contributed by atoms with Crippen LogP contribution >= 0.6 is 0 Å². The Hall–Kier alpha value is -1.38. The Bertz CT molecular complexity index is 424. The van der Waals surface area contributed by atoms with Gasteiger partial charge in [-0.3, -0.25) is 0 Å². The fourth-order valence-electron chi connectivity index (χ4n) is 1.84. The van der Waals surface area contributed by atoms with Crippen LogP contribution < -0.4 is 0 Å². The molecule has 0 radical (unpaired) electrons. The number of hydrogen-bond acceptors (Lipinski definition) is 2. The first-order valence-electron chi connectivity index (χ1n) is 5.46. The van der Waals surface area contributed by atoms with Crippen molar-refractivity contribution in [2.45, 2.75) is 39.2 Å². The van der Waals surface area contributed by atoms with Crippen LogP contribution in [0.1, 0.15) is 33.6 Å². The van der Waals surface area contributed by atoms with Gasteiger partial charge in [-0.15, -0.1) is 0 Å². The minimum Gasteiger partial charge on any atom is -0.178 e. The molecule has 2 aromatic rings. The lowest BCUT2D eigenvalue weighted by atomic mass is 10.0. The predicted molar refractivity (Wildman–Crippen MR) is 61.8 cm³/mol. The molecule has 1 heterocycles. The van der Waals surface area contributed by atoms with Gasteiger partial charge in [-0.2, -0.15) is 15.0 Å². The highest BCUT2D eigenvalue weighted by Gasteiger charge is 2.21. The van der Waals surface area contributed by atoms with Crippen LogP contribution in [-0.4, -0.2) is 15.0 Å². The second-order valence-corrected chi connectivity index (χ2v) is 4.54. The standard InChI is InChI=1S/C12H17N3/c1-4-9-12(2,3)15-13-10-7-5-6-8-11(10)14-15/h5-8H,4,9H2,1-3H3. The molecule has 15 heavy (non-hydrogen) atoms. The third kappa shape index (κ3) is 1.87. The highest BCUT2D eigenvalue weighted by Crippen LogP contribution is 2.21. The van der Waals surface area contributed by atoms with Gasteiger partial charge in [-0.25, -0.2) is 0 Å².